The van der Waals surface area contributed by atoms with E-state index in [0.717, 1.165) is 6.42 Å². The molecular weight excluding hydrogens is 226 g/mol. The third-order valence-electron chi connectivity index (χ3n) is 3.26. The van der Waals surface area contributed by atoms with Crippen molar-refractivity contribution in [3.8, 4) is 0 Å². The van der Waals surface area contributed by atoms with Crippen molar-refractivity contribution < 1.29 is 13.2 Å². The lowest BCUT2D eigenvalue weighted by Crippen LogP contribution is -2.46. The molecule has 0 aromatic carbocycles. The summed E-state index contributed by atoms with van der Waals surface area (Å²) in [7, 11) is -2.92. The van der Waals surface area contributed by atoms with Gasteiger partial charge in [0.2, 0.25) is 5.91 Å². The van der Waals surface area contributed by atoms with Gasteiger partial charge in [0.25, 0.3) is 0 Å². The van der Waals surface area contributed by atoms with Crippen molar-refractivity contribution in [1.82, 2.24) is 4.90 Å². The number of rotatable bonds is 4. The molecule has 94 valence electrons. The van der Waals surface area contributed by atoms with E-state index in [0.29, 0.717) is 12.8 Å². The maximum Gasteiger partial charge on any atom is 0.222 e. The van der Waals surface area contributed by atoms with E-state index in [1.165, 1.54) is 0 Å². The standard InChI is InChI=1S/C11H21NO3S/c1-4-9(3)12(11(13)5-2)10-6-7-16(14,15)8-10/h9-10H,4-8H2,1-3H3/t9-,10+/m0/s1. The van der Waals surface area contributed by atoms with Crippen LogP contribution in [0.25, 0.3) is 0 Å². The average Bonchev–Trinajstić information content (AvgIpc) is 2.58. The molecule has 0 spiro atoms. The van der Waals surface area contributed by atoms with E-state index >= 15 is 0 Å². The van der Waals surface area contributed by atoms with Crippen LogP contribution in [0, 0.1) is 0 Å². The summed E-state index contributed by atoms with van der Waals surface area (Å²) in [6.45, 7) is 5.82. The number of amides is 1. The fourth-order valence-corrected chi connectivity index (χ4v) is 3.89. The van der Waals surface area contributed by atoms with Gasteiger partial charge in [-0.1, -0.05) is 13.8 Å². The molecule has 0 radical (unpaired) electrons. The fraction of sp³-hybridized carbons (Fsp3) is 0.909. The molecule has 0 unspecified atom stereocenters. The van der Waals surface area contributed by atoms with Crippen LogP contribution < -0.4 is 0 Å². The molecule has 1 rings (SSSR count). The SMILES string of the molecule is CCC(=O)N([C@@H]1CCS(=O)(=O)C1)[C@@H](C)CC. The molecule has 0 saturated carbocycles. The normalized spacial score (nSPS) is 25.3. The zero-order valence-corrected chi connectivity index (χ0v) is 11.1. The van der Waals surface area contributed by atoms with E-state index in [-0.39, 0.29) is 29.5 Å². The van der Waals surface area contributed by atoms with Crippen molar-refractivity contribution in [3.05, 3.63) is 0 Å². The highest BCUT2D eigenvalue weighted by atomic mass is 32.2. The Hall–Kier alpha value is -0.580. The van der Waals surface area contributed by atoms with Crippen LogP contribution in [0.4, 0.5) is 0 Å². The minimum absolute atomic E-state index is 0.0662. The van der Waals surface area contributed by atoms with E-state index < -0.39 is 9.84 Å². The van der Waals surface area contributed by atoms with Gasteiger partial charge in [-0.3, -0.25) is 4.79 Å². The van der Waals surface area contributed by atoms with Crippen molar-refractivity contribution in [3.63, 3.8) is 0 Å². The van der Waals surface area contributed by atoms with Crippen molar-refractivity contribution >= 4 is 15.7 Å². The van der Waals surface area contributed by atoms with E-state index in [1.54, 1.807) is 4.90 Å². The molecule has 1 heterocycles. The molecule has 0 aromatic heterocycles. The molecule has 1 aliphatic rings. The minimum Gasteiger partial charge on any atom is -0.336 e. The summed E-state index contributed by atoms with van der Waals surface area (Å²) in [4.78, 5) is 13.6. The quantitative estimate of drug-likeness (QED) is 0.750. The van der Waals surface area contributed by atoms with Crippen LogP contribution in [0.5, 0.6) is 0 Å². The molecule has 0 aliphatic carbocycles. The minimum atomic E-state index is -2.92. The molecule has 1 amide bonds. The third kappa shape index (κ3) is 2.97. The van der Waals surface area contributed by atoms with Crippen LogP contribution in [0.2, 0.25) is 0 Å². The molecule has 2 atom stereocenters. The molecule has 1 saturated heterocycles. The Labute approximate surface area is 97.9 Å². The van der Waals surface area contributed by atoms with Gasteiger partial charge in [-0.05, 0) is 19.8 Å². The predicted octanol–water partition coefficient (Wildman–Crippen LogP) is 1.21. The molecule has 0 N–H and O–H groups in total. The first kappa shape index (κ1) is 13.5. The van der Waals surface area contributed by atoms with Crippen LogP contribution in [-0.4, -0.2) is 42.8 Å². The van der Waals surface area contributed by atoms with E-state index in [2.05, 4.69) is 0 Å². The predicted molar refractivity (Wildman–Crippen MR) is 63.9 cm³/mol. The van der Waals surface area contributed by atoms with Crippen molar-refractivity contribution in [1.29, 1.82) is 0 Å². The second-order valence-electron chi connectivity index (χ2n) is 4.47. The zero-order chi connectivity index (χ0) is 12.3. The lowest BCUT2D eigenvalue weighted by atomic mass is 10.1. The number of sulfone groups is 1. The van der Waals surface area contributed by atoms with Crippen LogP contribution in [0.15, 0.2) is 0 Å². The highest BCUT2D eigenvalue weighted by Gasteiger charge is 2.35. The lowest BCUT2D eigenvalue weighted by molar-refractivity contribution is -0.135. The average molecular weight is 247 g/mol. The van der Waals surface area contributed by atoms with Gasteiger partial charge >= 0.3 is 0 Å². The molecule has 0 aromatic rings. The Morgan fingerprint density at radius 1 is 1.44 bits per heavy atom. The lowest BCUT2D eigenvalue weighted by Gasteiger charge is -2.33. The highest BCUT2D eigenvalue weighted by Crippen LogP contribution is 2.21. The number of carbonyl (C=O) groups excluding carboxylic acids is 1. The smallest absolute Gasteiger partial charge is 0.222 e. The van der Waals surface area contributed by atoms with Crippen molar-refractivity contribution in [2.75, 3.05) is 11.5 Å². The highest BCUT2D eigenvalue weighted by molar-refractivity contribution is 7.91. The first-order valence-corrected chi connectivity index (χ1v) is 7.75. The first-order valence-electron chi connectivity index (χ1n) is 5.92. The molecule has 1 aliphatic heterocycles. The van der Waals surface area contributed by atoms with E-state index in [4.69, 9.17) is 0 Å². The Balaban J connectivity index is 2.82. The zero-order valence-electron chi connectivity index (χ0n) is 10.3. The van der Waals surface area contributed by atoms with Gasteiger partial charge in [0.1, 0.15) is 0 Å². The summed E-state index contributed by atoms with van der Waals surface area (Å²) in [6.07, 6.45) is 1.90. The van der Waals surface area contributed by atoms with Gasteiger partial charge in [0.15, 0.2) is 9.84 Å². The van der Waals surface area contributed by atoms with Gasteiger partial charge < -0.3 is 4.90 Å². The third-order valence-corrected chi connectivity index (χ3v) is 5.01. The van der Waals surface area contributed by atoms with Crippen LogP contribution >= 0.6 is 0 Å². The summed E-state index contributed by atoms with van der Waals surface area (Å²) in [5.74, 6) is 0.432. The van der Waals surface area contributed by atoms with Gasteiger partial charge in [-0.25, -0.2) is 8.42 Å². The fourth-order valence-electron chi connectivity index (χ4n) is 2.18. The van der Waals surface area contributed by atoms with E-state index in [1.807, 2.05) is 20.8 Å². The number of hydrogen-bond acceptors (Lipinski definition) is 3. The van der Waals surface area contributed by atoms with Crippen LogP contribution in [-0.2, 0) is 14.6 Å². The maximum atomic E-state index is 11.8. The summed E-state index contributed by atoms with van der Waals surface area (Å²) in [5.41, 5.74) is 0. The molecular formula is C11H21NO3S. The molecule has 0 bridgehead atoms. The summed E-state index contributed by atoms with van der Waals surface area (Å²) in [6, 6.07) is 0.0261. The van der Waals surface area contributed by atoms with Crippen molar-refractivity contribution in [2.24, 2.45) is 0 Å². The second kappa shape index (κ2) is 5.17. The van der Waals surface area contributed by atoms with Gasteiger partial charge in [-0.15, -0.1) is 0 Å². The molecule has 5 heteroatoms. The summed E-state index contributed by atoms with van der Waals surface area (Å²) < 4.78 is 22.9. The largest absolute Gasteiger partial charge is 0.336 e. The van der Waals surface area contributed by atoms with Crippen LogP contribution in [0.1, 0.15) is 40.0 Å². The van der Waals surface area contributed by atoms with Gasteiger partial charge in [-0.2, -0.15) is 0 Å². The Morgan fingerprint density at radius 3 is 2.44 bits per heavy atom. The monoisotopic (exact) mass is 247 g/mol. The molecule has 4 nitrogen and oxygen atoms in total. The summed E-state index contributed by atoms with van der Waals surface area (Å²) in [5, 5.41) is 0. The van der Waals surface area contributed by atoms with Gasteiger partial charge in [0, 0.05) is 18.5 Å². The Morgan fingerprint density at radius 2 is 2.06 bits per heavy atom. The number of hydrogen-bond donors (Lipinski definition) is 0. The Bertz CT molecular complexity index is 350. The molecule has 1 fully saturated rings. The molecule has 16 heavy (non-hydrogen) atoms. The first-order chi connectivity index (χ1) is 7.41. The van der Waals surface area contributed by atoms with Gasteiger partial charge in [0.05, 0.1) is 11.5 Å². The number of nitrogens with zero attached hydrogens (tertiary/aromatic N) is 1. The summed E-state index contributed by atoms with van der Waals surface area (Å²) >= 11 is 0. The number of carbonyl (C=O) groups is 1. The maximum absolute atomic E-state index is 11.8. The van der Waals surface area contributed by atoms with Crippen molar-refractivity contribution in [2.45, 2.75) is 52.1 Å². The Kier molecular flexibility index (Phi) is 4.35. The second-order valence-corrected chi connectivity index (χ2v) is 6.70. The van der Waals surface area contributed by atoms with Crippen LogP contribution in [0.3, 0.4) is 0 Å². The topological polar surface area (TPSA) is 54.5 Å². The van der Waals surface area contributed by atoms with E-state index in [9.17, 15) is 13.2 Å².